The molecule has 1 heterocycles. The third-order valence-electron chi connectivity index (χ3n) is 1.92. The van der Waals surface area contributed by atoms with Crippen LogP contribution in [-0.4, -0.2) is 20.6 Å². The summed E-state index contributed by atoms with van der Waals surface area (Å²) in [6, 6.07) is 0. The Hall–Kier alpha value is -1.32. The lowest BCUT2D eigenvalue weighted by atomic mass is 10.3. The van der Waals surface area contributed by atoms with Gasteiger partial charge in [0.25, 0.3) is 0 Å². The van der Waals surface area contributed by atoms with Gasteiger partial charge in [-0.05, 0) is 13.3 Å². The molecule has 0 bridgehead atoms. The van der Waals surface area contributed by atoms with Crippen molar-refractivity contribution in [2.75, 3.05) is 0 Å². The normalized spacial score (nSPS) is 10.3. The maximum atomic E-state index is 10.5. The van der Waals surface area contributed by atoms with Crippen LogP contribution in [0, 0.1) is 6.92 Å². The molecule has 4 nitrogen and oxygen atoms in total. The first-order chi connectivity index (χ1) is 6.15. The smallest absolute Gasteiger partial charge is 0.309 e. The molecule has 4 heteroatoms. The molecule has 0 aliphatic rings. The summed E-state index contributed by atoms with van der Waals surface area (Å²) in [6.45, 7) is 4.79. The lowest BCUT2D eigenvalue weighted by Crippen LogP contribution is -2.09. The molecule has 0 saturated carbocycles. The van der Waals surface area contributed by atoms with Crippen molar-refractivity contribution in [3.8, 4) is 0 Å². The van der Waals surface area contributed by atoms with Crippen LogP contribution < -0.4 is 0 Å². The van der Waals surface area contributed by atoms with Crippen molar-refractivity contribution in [3.63, 3.8) is 0 Å². The van der Waals surface area contributed by atoms with Gasteiger partial charge >= 0.3 is 5.97 Å². The standard InChI is InChI=1S/C9H14N2O2/c1-3-4-11-7(2)10-6-8(11)5-9(12)13/h6H,3-5H2,1-2H3,(H,12,13). The van der Waals surface area contributed by atoms with E-state index in [-0.39, 0.29) is 6.42 Å². The van der Waals surface area contributed by atoms with E-state index in [1.807, 2.05) is 11.5 Å². The summed E-state index contributed by atoms with van der Waals surface area (Å²) < 4.78 is 1.95. The average molecular weight is 182 g/mol. The fourth-order valence-corrected chi connectivity index (χ4v) is 1.34. The van der Waals surface area contributed by atoms with Gasteiger partial charge in [-0.25, -0.2) is 4.98 Å². The van der Waals surface area contributed by atoms with E-state index < -0.39 is 5.97 Å². The van der Waals surface area contributed by atoms with Crippen LogP contribution >= 0.6 is 0 Å². The van der Waals surface area contributed by atoms with Crippen LogP contribution in [0.15, 0.2) is 6.20 Å². The van der Waals surface area contributed by atoms with E-state index in [4.69, 9.17) is 5.11 Å². The summed E-state index contributed by atoms with van der Waals surface area (Å²) in [5, 5.41) is 8.63. The largest absolute Gasteiger partial charge is 0.481 e. The maximum absolute atomic E-state index is 10.5. The van der Waals surface area contributed by atoms with Gasteiger partial charge in [0.15, 0.2) is 0 Å². The van der Waals surface area contributed by atoms with E-state index in [1.54, 1.807) is 6.20 Å². The first-order valence-electron chi connectivity index (χ1n) is 4.38. The lowest BCUT2D eigenvalue weighted by molar-refractivity contribution is -0.136. The molecule has 0 radical (unpaired) electrons. The molecule has 0 saturated heterocycles. The van der Waals surface area contributed by atoms with Crippen LogP contribution in [0.4, 0.5) is 0 Å². The second kappa shape index (κ2) is 4.07. The van der Waals surface area contributed by atoms with Gasteiger partial charge in [-0.15, -0.1) is 0 Å². The third kappa shape index (κ3) is 2.31. The number of aliphatic carboxylic acids is 1. The van der Waals surface area contributed by atoms with Crippen molar-refractivity contribution in [1.29, 1.82) is 0 Å². The summed E-state index contributed by atoms with van der Waals surface area (Å²) in [5.41, 5.74) is 0.784. The molecule has 13 heavy (non-hydrogen) atoms. The minimum Gasteiger partial charge on any atom is -0.481 e. The van der Waals surface area contributed by atoms with E-state index in [0.717, 1.165) is 24.5 Å². The Morgan fingerprint density at radius 1 is 1.69 bits per heavy atom. The molecule has 0 aromatic carbocycles. The number of carboxylic acids is 1. The van der Waals surface area contributed by atoms with Gasteiger partial charge in [0, 0.05) is 18.4 Å². The molecule has 1 N–H and O–H groups in total. The summed E-state index contributed by atoms with van der Waals surface area (Å²) >= 11 is 0. The highest BCUT2D eigenvalue weighted by atomic mass is 16.4. The van der Waals surface area contributed by atoms with Gasteiger partial charge < -0.3 is 9.67 Å². The summed E-state index contributed by atoms with van der Waals surface area (Å²) in [4.78, 5) is 14.6. The van der Waals surface area contributed by atoms with Gasteiger partial charge in [0.2, 0.25) is 0 Å². The van der Waals surface area contributed by atoms with Crippen LogP contribution in [-0.2, 0) is 17.8 Å². The SMILES string of the molecule is CCCn1c(CC(=O)O)cnc1C. The van der Waals surface area contributed by atoms with Gasteiger partial charge in [0.1, 0.15) is 5.82 Å². The predicted molar refractivity (Wildman–Crippen MR) is 48.6 cm³/mol. The molecule has 1 aromatic heterocycles. The van der Waals surface area contributed by atoms with Crippen LogP contribution in [0.1, 0.15) is 24.9 Å². The third-order valence-corrected chi connectivity index (χ3v) is 1.92. The van der Waals surface area contributed by atoms with Crippen LogP contribution in [0.2, 0.25) is 0 Å². The second-order valence-corrected chi connectivity index (χ2v) is 3.02. The van der Waals surface area contributed by atoms with Crippen molar-refractivity contribution >= 4 is 5.97 Å². The fraction of sp³-hybridized carbons (Fsp3) is 0.556. The van der Waals surface area contributed by atoms with E-state index in [9.17, 15) is 4.79 Å². The second-order valence-electron chi connectivity index (χ2n) is 3.02. The fourth-order valence-electron chi connectivity index (χ4n) is 1.34. The molecule has 0 aliphatic carbocycles. The van der Waals surface area contributed by atoms with E-state index >= 15 is 0 Å². The lowest BCUT2D eigenvalue weighted by Gasteiger charge is -2.06. The zero-order valence-electron chi connectivity index (χ0n) is 7.95. The summed E-state index contributed by atoms with van der Waals surface area (Å²) in [5.74, 6) is 0.0790. The average Bonchev–Trinajstić information content (AvgIpc) is 2.35. The summed E-state index contributed by atoms with van der Waals surface area (Å²) in [6.07, 6.45) is 2.68. The monoisotopic (exact) mass is 182 g/mol. The molecule has 0 fully saturated rings. The molecule has 0 unspecified atom stereocenters. The number of nitrogens with zero attached hydrogens (tertiary/aromatic N) is 2. The Bertz CT molecular complexity index is 305. The van der Waals surface area contributed by atoms with E-state index in [1.165, 1.54) is 0 Å². The van der Waals surface area contributed by atoms with Crippen LogP contribution in [0.3, 0.4) is 0 Å². The highest BCUT2D eigenvalue weighted by molar-refractivity contribution is 5.69. The molecule has 72 valence electrons. The zero-order chi connectivity index (χ0) is 9.84. The number of carboxylic acid groups (broad SMARTS) is 1. The van der Waals surface area contributed by atoms with Crippen molar-refractivity contribution in [1.82, 2.24) is 9.55 Å². The van der Waals surface area contributed by atoms with E-state index in [0.29, 0.717) is 0 Å². The molecule has 0 amide bonds. The number of carbonyl (C=O) groups is 1. The Labute approximate surface area is 77.2 Å². The molecule has 1 rings (SSSR count). The topological polar surface area (TPSA) is 55.1 Å². The minimum atomic E-state index is -0.808. The highest BCUT2D eigenvalue weighted by Crippen LogP contribution is 2.06. The molecular weight excluding hydrogens is 168 g/mol. The number of aromatic nitrogens is 2. The number of rotatable bonds is 4. The minimum absolute atomic E-state index is 0.0564. The summed E-state index contributed by atoms with van der Waals surface area (Å²) in [7, 11) is 0. The molecule has 0 spiro atoms. The Morgan fingerprint density at radius 3 is 2.92 bits per heavy atom. The van der Waals surface area contributed by atoms with Gasteiger partial charge in [-0.1, -0.05) is 6.92 Å². The quantitative estimate of drug-likeness (QED) is 0.761. The Balaban J connectivity index is 2.86. The Morgan fingerprint density at radius 2 is 2.38 bits per heavy atom. The molecule has 0 atom stereocenters. The molecular formula is C9H14N2O2. The first-order valence-corrected chi connectivity index (χ1v) is 4.38. The molecule has 1 aromatic rings. The molecule has 0 aliphatic heterocycles. The van der Waals surface area contributed by atoms with Crippen molar-refractivity contribution in [3.05, 3.63) is 17.7 Å². The predicted octanol–water partition coefficient (Wildman–Crippen LogP) is 1.23. The van der Waals surface area contributed by atoms with Gasteiger partial charge in [0.05, 0.1) is 6.42 Å². The first kappa shape index (κ1) is 9.77. The van der Waals surface area contributed by atoms with Gasteiger partial charge in [-0.3, -0.25) is 4.79 Å². The van der Waals surface area contributed by atoms with Gasteiger partial charge in [-0.2, -0.15) is 0 Å². The van der Waals surface area contributed by atoms with Crippen molar-refractivity contribution < 1.29 is 9.90 Å². The number of imidazole rings is 1. The number of hydrogen-bond donors (Lipinski definition) is 1. The van der Waals surface area contributed by atoms with Crippen LogP contribution in [0.25, 0.3) is 0 Å². The van der Waals surface area contributed by atoms with Crippen molar-refractivity contribution in [2.24, 2.45) is 0 Å². The number of hydrogen-bond acceptors (Lipinski definition) is 2. The van der Waals surface area contributed by atoms with E-state index in [2.05, 4.69) is 11.9 Å². The zero-order valence-corrected chi connectivity index (χ0v) is 7.95. The maximum Gasteiger partial charge on any atom is 0.309 e. The van der Waals surface area contributed by atoms with Crippen LogP contribution in [0.5, 0.6) is 0 Å². The number of aryl methyl sites for hydroxylation is 1. The highest BCUT2D eigenvalue weighted by Gasteiger charge is 2.08. The Kier molecular flexibility index (Phi) is 3.06. The van der Waals surface area contributed by atoms with Crippen molar-refractivity contribution in [2.45, 2.75) is 33.2 Å².